The van der Waals surface area contributed by atoms with Crippen molar-refractivity contribution in [1.82, 2.24) is 19.9 Å². The Balaban J connectivity index is 1.63. The predicted octanol–water partition coefficient (Wildman–Crippen LogP) is 4.09. The number of hydrogen-bond donors (Lipinski definition) is 2. The summed E-state index contributed by atoms with van der Waals surface area (Å²) in [6, 6.07) is 8.09. The smallest absolute Gasteiger partial charge is 0.421 e. The summed E-state index contributed by atoms with van der Waals surface area (Å²) in [5, 5.41) is 5.50. The Labute approximate surface area is 198 Å². The number of nitrogens with zero attached hydrogens (tertiary/aromatic N) is 5. The lowest BCUT2D eigenvalue weighted by Crippen LogP contribution is -2.27. The highest BCUT2D eigenvalue weighted by Crippen LogP contribution is 2.34. The third-order valence-corrected chi connectivity index (χ3v) is 6.12. The Hall–Kier alpha value is -3.94. The van der Waals surface area contributed by atoms with Gasteiger partial charge in [-0.1, -0.05) is 6.07 Å². The number of benzene rings is 1. The van der Waals surface area contributed by atoms with Gasteiger partial charge in [0, 0.05) is 44.2 Å². The van der Waals surface area contributed by atoms with Gasteiger partial charge < -0.3 is 15.1 Å². The summed E-state index contributed by atoms with van der Waals surface area (Å²) >= 11 is 0. The zero-order chi connectivity index (χ0) is 25.4. The molecule has 2 N–H and O–H groups in total. The van der Waals surface area contributed by atoms with Crippen LogP contribution in [0, 0.1) is 6.92 Å². The van der Waals surface area contributed by atoms with Crippen molar-refractivity contribution in [1.29, 1.82) is 0 Å². The molecule has 0 fully saturated rings. The first kappa shape index (κ1) is 24.2. The zero-order valence-electron chi connectivity index (χ0n) is 18.8. The van der Waals surface area contributed by atoms with Crippen molar-refractivity contribution in [3.05, 3.63) is 59.7 Å². The third-order valence-electron chi connectivity index (χ3n) is 4.95. The average Bonchev–Trinajstić information content (AvgIpc) is 3.15. The number of rotatable bonds is 7. The fraction of sp³-hybridized carbons (Fsp3) is 0.238. The minimum atomic E-state index is -4.72. The number of sulfonamides is 1. The predicted molar refractivity (Wildman–Crippen MR) is 124 cm³/mol. The second-order valence-corrected chi connectivity index (χ2v) is 9.58. The highest BCUT2D eigenvalue weighted by molar-refractivity contribution is 7.92. The molecule has 0 amide bonds. The summed E-state index contributed by atoms with van der Waals surface area (Å²) in [5.74, 6) is -0.00437. The zero-order valence-corrected chi connectivity index (χ0v) is 19.6. The second kappa shape index (κ2) is 9.02. The van der Waals surface area contributed by atoms with Gasteiger partial charge in [0.05, 0.1) is 6.26 Å². The molecule has 0 saturated heterocycles. The molecule has 0 aliphatic rings. The largest absolute Gasteiger partial charge is 0.441 e. The van der Waals surface area contributed by atoms with Gasteiger partial charge in [-0.3, -0.25) is 4.31 Å². The van der Waals surface area contributed by atoms with Crippen molar-refractivity contribution < 1.29 is 26.0 Å². The van der Waals surface area contributed by atoms with E-state index in [-0.39, 0.29) is 18.3 Å². The molecule has 0 aliphatic carbocycles. The molecule has 4 rings (SSSR count). The number of alkyl halides is 3. The number of oxazole rings is 1. The molecule has 3 heterocycles. The molecular formula is C21H20F3N7O3S. The summed E-state index contributed by atoms with van der Waals surface area (Å²) in [6.07, 6.45) is -1.66. The molecule has 10 nitrogen and oxygen atoms in total. The number of aryl methyl sites for hydroxylation is 1. The van der Waals surface area contributed by atoms with E-state index in [1.807, 2.05) is 0 Å². The molecule has 0 saturated carbocycles. The van der Waals surface area contributed by atoms with E-state index in [9.17, 15) is 21.6 Å². The van der Waals surface area contributed by atoms with E-state index in [1.54, 1.807) is 37.3 Å². The van der Waals surface area contributed by atoms with Crippen LogP contribution in [-0.4, -0.2) is 41.7 Å². The van der Waals surface area contributed by atoms with Gasteiger partial charge in [-0.25, -0.2) is 23.4 Å². The fourth-order valence-corrected chi connectivity index (χ4v) is 3.70. The van der Waals surface area contributed by atoms with Crippen LogP contribution in [0.5, 0.6) is 0 Å². The van der Waals surface area contributed by atoms with Crippen molar-refractivity contribution in [2.75, 3.05) is 28.2 Å². The van der Waals surface area contributed by atoms with Crippen LogP contribution in [0.2, 0.25) is 0 Å². The van der Waals surface area contributed by atoms with Crippen molar-refractivity contribution >= 4 is 44.4 Å². The Kier molecular flexibility index (Phi) is 6.23. The molecule has 1 aromatic carbocycles. The third kappa shape index (κ3) is 5.42. The Morgan fingerprint density at radius 2 is 1.91 bits per heavy atom. The topological polar surface area (TPSA) is 126 Å². The van der Waals surface area contributed by atoms with Gasteiger partial charge in [-0.15, -0.1) is 0 Å². The number of aromatic nitrogens is 4. The maximum absolute atomic E-state index is 13.6. The Morgan fingerprint density at radius 3 is 2.63 bits per heavy atom. The van der Waals surface area contributed by atoms with Gasteiger partial charge in [0.2, 0.25) is 16.0 Å². The Bertz CT molecular complexity index is 1490. The number of nitrogens with one attached hydrogen (secondary N) is 2. The number of fused-ring (bicyclic) bond motifs is 1. The van der Waals surface area contributed by atoms with Gasteiger partial charge in [0.1, 0.15) is 22.7 Å². The van der Waals surface area contributed by atoms with Gasteiger partial charge in [-0.2, -0.15) is 18.2 Å². The number of anilines is 4. The molecule has 184 valence electrons. The summed E-state index contributed by atoms with van der Waals surface area (Å²) in [7, 11) is -2.32. The van der Waals surface area contributed by atoms with Gasteiger partial charge in [-0.05, 0) is 24.3 Å². The molecule has 0 unspecified atom stereocenters. The molecule has 3 aromatic heterocycles. The van der Waals surface area contributed by atoms with Crippen molar-refractivity contribution in [2.45, 2.75) is 19.6 Å². The van der Waals surface area contributed by atoms with Crippen LogP contribution < -0.4 is 14.9 Å². The number of hydrogen-bond acceptors (Lipinski definition) is 9. The molecule has 0 spiro atoms. The lowest BCUT2D eigenvalue weighted by atomic mass is 10.2. The summed E-state index contributed by atoms with van der Waals surface area (Å²) < 4.78 is 71.1. The van der Waals surface area contributed by atoms with E-state index in [1.165, 1.54) is 13.2 Å². The molecule has 0 aliphatic heterocycles. The maximum Gasteiger partial charge on any atom is 0.421 e. The molecule has 0 atom stereocenters. The average molecular weight is 507 g/mol. The van der Waals surface area contributed by atoms with Crippen LogP contribution in [0.4, 0.5) is 36.4 Å². The quantitative estimate of drug-likeness (QED) is 0.380. The van der Waals surface area contributed by atoms with Gasteiger partial charge in [0.25, 0.3) is 0 Å². The molecule has 35 heavy (non-hydrogen) atoms. The molecule has 4 aromatic rings. The lowest BCUT2D eigenvalue weighted by Gasteiger charge is -2.20. The van der Waals surface area contributed by atoms with E-state index in [2.05, 4.69) is 30.6 Å². The Morgan fingerprint density at radius 1 is 1.14 bits per heavy atom. The van der Waals surface area contributed by atoms with Crippen LogP contribution in [0.3, 0.4) is 0 Å². The summed E-state index contributed by atoms with van der Waals surface area (Å²) in [4.78, 5) is 16.1. The number of halogens is 3. The fourth-order valence-electron chi connectivity index (χ4n) is 3.22. The van der Waals surface area contributed by atoms with Crippen LogP contribution in [0.15, 0.2) is 47.1 Å². The minimum Gasteiger partial charge on any atom is -0.441 e. The monoisotopic (exact) mass is 507 g/mol. The second-order valence-electron chi connectivity index (χ2n) is 7.56. The molecule has 0 radical (unpaired) electrons. The van der Waals surface area contributed by atoms with Crippen molar-refractivity contribution in [2.24, 2.45) is 0 Å². The van der Waals surface area contributed by atoms with Gasteiger partial charge >= 0.3 is 6.18 Å². The SMILES string of the molecule is Cc1nc2cc(Nc3ncc(C(F)(F)F)c(NCc4cccnc4N(C)S(C)(=O)=O)n3)ccc2o1. The van der Waals surface area contributed by atoms with E-state index in [0.717, 1.165) is 10.6 Å². The number of pyridine rings is 1. The van der Waals surface area contributed by atoms with Crippen LogP contribution in [-0.2, 0) is 22.7 Å². The normalized spacial score (nSPS) is 12.1. The lowest BCUT2D eigenvalue weighted by molar-refractivity contribution is -0.137. The molecule has 0 bridgehead atoms. The van der Waals surface area contributed by atoms with E-state index in [0.29, 0.717) is 34.4 Å². The first-order valence-electron chi connectivity index (χ1n) is 10.1. The van der Waals surface area contributed by atoms with E-state index in [4.69, 9.17) is 4.42 Å². The standard InChI is InChI=1S/C21H20F3N7O3S/c1-12-28-16-9-14(6-7-17(16)34-12)29-20-27-11-15(21(22,23)24)18(30-20)26-10-13-5-4-8-25-19(13)31(2)35(3,32)33/h4-9,11H,10H2,1-3H3,(H2,26,27,29,30). The minimum absolute atomic E-state index is 0.0830. The van der Waals surface area contributed by atoms with E-state index < -0.39 is 27.6 Å². The van der Waals surface area contributed by atoms with Crippen molar-refractivity contribution in [3.8, 4) is 0 Å². The molecule has 14 heteroatoms. The first-order chi connectivity index (χ1) is 16.4. The van der Waals surface area contributed by atoms with Crippen molar-refractivity contribution in [3.63, 3.8) is 0 Å². The highest BCUT2D eigenvalue weighted by atomic mass is 32.2. The van der Waals surface area contributed by atoms with Gasteiger partial charge in [0.15, 0.2) is 11.5 Å². The van der Waals surface area contributed by atoms with Crippen LogP contribution in [0.1, 0.15) is 17.0 Å². The summed E-state index contributed by atoms with van der Waals surface area (Å²) in [5.41, 5.74) is 0.911. The van der Waals surface area contributed by atoms with E-state index >= 15 is 0 Å². The molecular weight excluding hydrogens is 487 g/mol. The first-order valence-corrected chi connectivity index (χ1v) is 12.0. The summed E-state index contributed by atoms with van der Waals surface area (Å²) in [6.45, 7) is 1.53. The van der Waals surface area contributed by atoms with Crippen LogP contribution in [0.25, 0.3) is 11.1 Å². The maximum atomic E-state index is 13.6. The highest BCUT2D eigenvalue weighted by Gasteiger charge is 2.35. The van der Waals surface area contributed by atoms with Crippen LogP contribution >= 0.6 is 0 Å².